The Labute approximate surface area is 169 Å². The summed E-state index contributed by atoms with van der Waals surface area (Å²) in [6, 6.07) is 3.83. The van der Waals surface area contributed by atoms with Crippen molar-refractivity contribution < 1.29 is 14.3 Å². The van der Waals surface area contributed by atoms with Crippen LogP contribution in [0.1, 0.15) is 12.0 Å². The lowest BCUT2D eigenvalue weighted by Gasteiger charge is -2.37. The molecule has 0 spiro atoms. The van der Waals surface area contributed by atoms with Crippen molar-refractivity contribution in [1.82, 2.24) is 29.3 Å². The fraction of sp³-hybridized carbons (Fsp3) is 0.526. The van der Waals surface area contributed by atoms with E-state index in [0.29, 0.717) is 36.6 Å². The van der Waals surface area contributed by atoms with E-state index in [-0.39, 0.29) is 18.9 Å². The molecule has 0 amide bonds. The fourth-order valence-electron chi connectivity index (χ4n) is 3.49. The van der Waals surface area contributed by atoms with Crippen LogP contribution in [-0.4, -0.2) is 87.4 Å². The van der Waals surface area contributed by atoms with E-state index in [1.165, 1.54) is 6.33 Å². The molecule has 1 fully saturated rings. The first kappa shape index (κ1) is 19.8. The molecule has 1 aliphatic heterocycles. The van der Waals surface area contributed by atoms with E-state index < -0.39 is 0 Å². The molecule has 0 radical (unpaired) electrons. The second-order valence-electron chi connectivity index (χ2n) is 7.45. The molecule has 3 aromatic rings. The maximum absolute atomic E-state index is 9.71. The first-order valence-corrected chi connectivity index (χ1v) is 9.71. The number of aromatic nitrogens is 4. The number of morpholine rings is 1. The van der Waals surface area contributed by atoms with E-state index in [9.17, 15) is 5.11 Å². The van der Waals surface area contributed by atoms with Gasteiger partial charge in [-0.2, -0.15) is 0 Å². The number of likely N-dealkylation sites (N-methyl/N-ethyl adjacent to an activating group) is 1. The predicted octanol–water partition coefficient (Wildman–Crippen LogP) is 0.785. The number of aliphatic hydroxyl groups is 1. The quantitative estimate of drug-likeness (QED) is 0.567. The van der Waals surface area contributed by atoms with Gasteiger partial charge in [-0.3, -0.25) is 9.47 Å². The van der Waals surface area contributed by atoms with Gasteiger partial charge in [-0.1, -0.05) is 0 Å². The molecule has 10 heteroatoms. The monoisotopic (exact) mass is 401 g/mol. The highest BCUT2D eigenvalue weighted by Crippen LogP contribution is 2.26. The summed E-state index contributed by atoms with van der Waals surface area (Å²) in [6.45, 7) is 3.52. The van der Waals surface area contributed by atoms with Crippen molar-refractivity contribution in [2.45, 2.75) is 18.9 Å². The average molecular weight is 401 g/mol. The molecule has 156 valence electrons. The van der Waals surface area contributed by atoms with Crippen LogP contribution in [-0.2, 0) is 11.3 Å². The smallest absolute Gasteiger partial charge is 0.167 e. The lowest BCUT2D eigenvalue weighted by atomic mass is 10.2. The van der Waals surface area contributed by atoms with Crippen LogP contribution in [0, 0.1) is 0 Å². The summed E-state index contributed by atoms with van der Waals surface area (Å²) in [5.41, 5.74) is 1.41. The molecular formula is C19H27N7O3. The minimum Gasteiger partial charge on any atom is -0.468 e. The summed E-state index contributed by atoms with van der Waals surface area (Å²) in [6.07, 6.45) is 4.32. The molecular weight excluding hydrogens is 374 g/mol. The molecule has 2 atom stereocenters. The highest BCUT2D eigenvalue weighted by atomic mass is 16.5. The number of imidazole rings is 1. The fourth-order valence-corrected chi connectivity index (χ4v) is 3.49. The number of hydrogen-bond donors (Lipinski definition) is 2. The number of hydrogen-bond acceptors (Lipinski definition) is 9. The molecule has 0 saturated carbocycles. The van der Waals surface area contributed by atoms with Crippen LogP contribution in [0.3, 0.4) is 0 Å². The molecule has 0 unspecified atom stereocenters. The number of aliphatic hydroxyl groups excluding tert-OH is 1. The van der Waals surface area contributed by atoms with Gasteiger partial charge in [0, 0.05) is 26.2 Å². The third kappa shape index (κ3) is 4.56. The van der Waals surface area contributed by atoms with Crippen LogP contribution in [0.15, 0.2) is 35.5 Å². The van der Waals surface area contributed by atoms with Gasteiger partial charge in [-0.05, 0) is 26.2 Å². The van der Waals surface area contributed by atoms with Crippen molar-refractivity contribution in [1.29, 1.82) is 0 Å². The van der Waals surface area contributed by atoms with Gasteiger partial charge in [0.1, 0.15) is 18.3 Å². The van der Waals surface area contributed by atoms with Gasteiger partial charge >= 0.3 is 0 Å². The zero-order chi connectivity index (χ0) is 20.2. The molecule has 4 rings (SSSR count). The van der Waals surface area contributed by atoms with Crippen LogP contribution >= 0.6 is 0 Å². The molecule has 1 saturated heterocycles. The number of nitrogens with zero attached hydrogens (tertiary/aromatic N) is 6. The average Bonchev–Trinajstić information content (AvgIpc) is 3.37. The van der Waals surface area contributed by atoms with Crippen molar-refractivity contribution >= 4 is 17.0 Å². The largest absolute Gasteiger partial charge is 0.468 e. The third-order valence-corrected chi connectivity index (χ3v) is 4.91. The van der Waals surface area contributed by atoms with Crippen LogP contribution in [0.5, 0.6) is 0 Å². The Morgan fingerprint density at radius 3 is 2.93 bits per heavy atom. The summed E-state index contributed by atoms with van der Waals surface area (Å²) in [7, 11) is 4.05. The van der Waals surface area contributed by atoms with Gasteiger partial charge in [-0.15, -0.1) is 0 Å². The van der Waals surface area contributed by atoms with E-state index in [2.05, 4.69) is 30.1 Å². The first-order valence-electron chi connectivity index (χ1n) is 9.71. The molecule has 0 aromatic carbocycles. The second-order valence-corrected chi connectivity index (χ2v) is 7.45. The van der Waals surface area contributed by atoms with Crippen molar-refractivity contribution in [2.75, 3.05) is 52.2 Å². The van der Waals surface area contributed by atoms with Gasteiger partial charge in [0.25, 0.3) is 0 Å². The Hall–Kier alpha value is -2.53. The van der Waals surface area contributed by atoms with E-state index >= 15 is 0 Å². The van der Waals surface area contributed by atoms with Crippen molar-refractivity contribution in [2.24, 2.45) is 0 Å². The molecule has 10 nitrogen and oxygen atoms in total. The van der Waals surface area contributed by atoms with Gasteiger partial charge in [0.2, 0.25) is 0 Å². The number of ether oxygens (including phenoxy) is 1. The number of anilines is 1. The molecule has 4 heterocycles. The first-order chi connectivity index (χ1) is 14.1. The van der Waals surface area contributed by atoms with Gasteiger partial charge in [0.15, 0.2) is 17.0 Å². The highest BCUT2D eigenvalue weighted by molar-refractivity contribution is 5.82. The Bertz CT molecular complexity index is 912. The zero-order valence-electron chi connectivity index (χ0n) is 16.7. The van der Waals surface area contributed by atoms with Crippen LogP contribution < -0.4 is 5.32 Å². The Morgan fingerprint density at radius 1 is 1.28 bits per heavy atom. The molecule has 3 aromatic heterocycles. The van der Waals surface area contributed by atoms with Crippen LogP contribution in [0.2, 0.25) is 0 Å². The van der Waals surface area contributed by atoms with E-state index in [4.69, 9.17) is 9.15 Å². The van der Waals surface area contributed by atoms with Crippen molar-refractivity contribution in [3.05, 3.63) is 36.8 Å². The summed E-state index contributed by atoms with van der Waals surface area (Å²) < 4.78 is 13.5. The molecule has 0 bridgehead atoms. The Balaban J connectivity index is 1.54. The molecule has 29 heavy (non-hydrogen) atoms. The SMILES string of the molecule is CN(C)CCNc1ncnc2c1ncn2[C@H]1CN(Cc2ccco2)C[C@@H](CO)O1. The lowest BCUT2D eigenvalue weighted by Crippen LogP contribution is -2.46. The predicted molar refractivity (Wildman–Crippen MR) is 107 cm³/mol. The summed E-state index contributed by atoms with van der Waals surface area (Å²) in [4.78, 5) is 17.6. The van der Waals surface area contributed by atoms with Crippen LogP contribution in [0.25, 0.3) is 11.2 Å². The van der Waals surface area contributed by atoms with E-state index in [0.717, 1.165) is 18.8 Å². The Kier molecular flexibility index (Phi) is 6.05. The number of nitrogens with one attached hydrogen (secondary N) is 1. The molecule has 2 N–H and O–H groups in total. The summed E-state index contributed by atoms with van der Waals surface area (Å²) in [5.74, 6) is 1.59. The lowest BCUT2D eigenvalue weighted by molar-refractivity contribution is -0.136. The van der Waals surface area contributed by atoms with Gasteiger partial charge < -0.3 is 24.5 Å². The topological polar surface area (TPSA) is 105 Å². The van der Waals surface area contributed by atoms with Gasteiger partial charge in [-0.25, -0.2) is 15.0 Å². The second kappa shape index (κ2) is 8.87. The van der Waals surface area contributed by atoms with Gasteiger partial charge in [0.05, 0.1) is 31.8 Å². The highest BCUT2D eigenvalue weighted by Gasteiger charge is 2.30. The maximum Gasteiger partial charge on any atom is 0.167 e. The van der Waals surface area contributed by atoms with Crippen molar-refractivity contribution in [3.63, 3.8) is 0 Å². The van der Waals surface area contributed by atoms with E-state index in [1.54, 1.807) is 12.6 Å². The maximum atomic E-state index is 9.71. The zero-order valence-corrected chi connectivity index (χ0v) is 16.7. The van der Waals surface area contributed by atoms with Crippen LogP contribution in [0.4, 0.5) is 5.82 Å². The number of rotatable bonds is 8. The minimum absolute atomic E-state index is 0.0515. The minimum atomic E-state index is -0.314. The standard InChI is InChI=1S/C19H27N7O3/c1-24(2)6-5-20-18-17-19(22-12-21-18)26(13-23-17)16-10-25(9-15(11-27)29-16)8-14-4-3-7-28-14/h3-4,7,12-13,15-16,27H,5-6,8-11H2,1-2H3,(H,20,21,22)/t15-,16+/m0/s1. The molecule has 0 aliphatic carbocycles. The van der Waals surface area contributed by atoms with E-state index in [1.807, 2.05) is 30.8 Å². The number of fused-ring (bicyclic) bond motifs is 1. The summed E-state index contributed by atoms with van der Waals surface area (Å²) >= 11 is 0. The summed E-state index contributed by atoms with van der Waals surface area (Å²) in [5, 5.41) is 13.0. The third-order valence-electron chi connectivity index (χ3n) is 4.91. The normalized spacial score (nSPS) is 20.6. The Morgan fingerprint density at radius 2 is 2.17 bits per heavy atom. The molecule has 1 aliphatic rings. The van der Waals surface area contributed by atoms with Crippen molar-refractivity contribution in [3.8, 4) is 0 Å². The number of furan rings is 1.